The zero-order chi connectivity index (χ0) is 25.0. The summed E-state index contributed by atoms with van der Waals surface area (Å²) in [4.78, 5) is 34.2. The van der Waals surface area contributed by atoms with Crippen LogP contribution in [0.2, 0.25) is 0 Å². The lowest BCUT2D eigenvalue weighted by atomic mass is 9.87. The zero-order valence-corrected chi connectivity index (χ0v) is 18.7. The highest BCUT2D eigenvalue weighted by Crippen LogP contribution is 2.49. The maximum absolute atomic E-state index is 13.8. The predicted octanol–water partition coefficient (Wildman–Crippen LogP) is 5.91. The molecule has 2 aliphatic heterocycles. The fraction of sp³-hybridized carbons (Fsp3) is 0.143. The summed E-state index contributed by atoms with van der Waals surface area (Å²) in [5, 5.41) is 3.43. The van der Waals surface area contributed by atoms with Crippen LogP contribution in [0, 0.1) is 5.92 Å². The smallest absolute Gasteiger partial charge is 0.273 e. The third kappa shape index (κ3) is 3.45. The van der Waals surface area contributed by atoms with Gasteiger partial charge in [0.15, 0.2) is 6.10 Å². The molecule has 4 aromatic carbocycles. The van der Waals surface area contributed by atoms with Crippen LogP contribution in [0.3, 0.4) is 0 Å². The Morgan fingerprint density at radius 3 is 2.17 bits per heavy atom. The van der Waals surface area contributed by atoms with Crippen molar-refractivity contribution >= 4 is 34.0 Å². The highest BCUT2D eigenvalue weighted by molar-refractivity contribution is 6.24. The predicted molar refractivity (Wildman–Crippen MR) is 128 cm³/mol. The number of para-hydroxylation sites is 1. The molecule has 180 valence electrons. The standard InChI is InChI=1S/C28H19F3N2O3/c29-28(30,31)18-10-7-13-20(16-18)32-26(34)23-24(22-15-6-9-17-8-4-5-14-21(17)22)33(36-25(23)27(32)35)19-11-2-1-3-12-19/h1-16,23-25H/t23-,24-,25-/m0/s1. The molecule has 0 radical (unpaired) electrons. The Bertz CT molecular complexity index is 1480. The lowest BCUT2D eigenvalue weighted by molar-refractivity contribution is -0.137. The number of benzene rings is 4. The molecule has 4 aromatic rings. The molecule has 2 heterocycles. The number of halogens is 3. The number of hydrogen-bond donors (Lipinski definition) is 0. The van der Waals surface area contributed by atoms with Crippen molar-refractivity contribution in [1.82, 2.24) is 0 Å². The number of nitrogens with zero attached hydrogens (tertiary/aromatic N) is 2. The van der Waals surface area contributed by atoms with Gasteiger partial charge in [-0.25, -0.2) is 9.96 Å². The first-order chi connectivity index (χ1) is 17.3. The van der Waals surface area contributed by atoms with E-state index in [0.29, 0.717) is 5.69 Å². The van der Waals surface area contributed by atoms with E-state index in [4.69, 9.17) is 4.84 Å². The van der Waals surface area contributed by atoms with Gasteiger partial charge in [0.2, 0.25) is 5.91 Å². The number of amides is 2. The van der Waals surface area contributed by atoms with Crippen LogP contribution in [-0.2, 0) is 20.6 Å². The van der Waals surface area contributed by atoms with Gasteiger partial charge < -0.3 is 0 Å². The summed E-state index contributed by atoms with van der Waals surface area (Å²) in [5.41, 5.74) is 0.392. The van der Waals surface area contributed by atoms with Gasteiger partial charge in [0, 0.05) is 0 Å². The molecular weight excluding hydrogens is 469 g/mol. The largest absolute Gasteiger partial charge is 0.416 e. The van der Waals surface area contributed by atoms with Gasteiger partial charge in [0.05, 0.1) is 23.0 Å². The Kier molecular flexibility index (Phi) is 5.08. The molecule has 5 nitrogen and oxygen atoms in total. The number of imide groups is 1. The van der Waals surface area contributed by atoms with Crippen molar-refractivity contribution in [3.63, 3.8) is 0 Å². The summed E-state index contributed by atoms with van der Waals surface area (Å²) in [6.45, 7) is 0. The van der Waals surface area contributed by atoms with Gasteiger partial charge in [-0.1, -0.05) is 66.7 Å². The van der Waals surface area contributed by atoms with E-state index in [1.54, 1.807) is 5.06 Å². The second kappa shape index (κ2) is 8.20. The topological polar surface area (TPSA) is 49.9 Å². The van der Waals surface area contributed by atoms with Crippen LogP contribution >= 0.6 is 0 Å². The average molecular weight is 488 g/mol. The molecule has 0 spiro atoms. The second-order valence-corrected chi connectivity index (χ2v) is 8.79. The number of fused-ring (bicyclic) bond motifs is 2. The van der Waals surface area contributed by atoms with Crippen molar-refractivity contribution in [1.29, 1.82) is 0 Å². The highest BCUT2D eigenvalue weighted by atomic mass is 19.4. The Morgan fingerprint density at radius 2 is 1.39 bits per heavy atom. The summed E-state index contributed by atoms with van der Waals surface area (Å²) in [6, 6.07) is 26.1. The normalized spacial score (nSPS) is 21.9. The molecule has 36 heavy (non-hydrogen) atoms. The molecule has 3 atom stereocenters. The second-order valence-electron chi connectivity index (χ2n) is 8.79. The van der Waals surface area contributed by atoms with E-state index in [2.05, 4.69) is 0 Å². The van der Waals surface area contributed by atoms with E-state index in [-0.39, 0.29) is 5.69 Å². The molecule has 2 amide bonds. The minimum absolute atomic E-state index is 0.124. The van der Waals surface area contributed by atoms with Gasteiger partial charge in [-0.2, -0.15) is 13.2 Å². The number of hydrogen-bond acceptors (Lipinski definition) is 4. The van der Waals surface area contributed by atoms with Gasteiger partial charge in [0.25, 0.3) is 5.91 Å². The van der Waals surface area contributed by atoms with Crippen molar-refractivity contribution in [2.24, 2.45) is 5.92 Å². The van der Waals surface area contributed by atoms with Gasteiger partial charge >= 0.3 is 6.18 Å². The van der Waals surface area contributed by atoms with Crippen molar-refractivity contribution in [3.05, 3.63) is 108 Å². The molecule has 8 heteroatoms. The van der Waals surface area contributed by atoms with E-state index in [0.717, 1.165) is 33.4 Å². The number of rotatable bonds is 3. The molecule has 6 rings (SSSR count). The van der Waals surface area contributed by atoms with Gasteiger partial charge in [-0.3, -0.25) is 14.4 Å². The van der Waals surface area contributed by atoms with Gasteiger partial charge in [-0.15, -0.1) is 0 Å². The SMILES string of the molecule is O=C1[C@@H]2[C@H](ON(c3ccccc3)[C@H]2c2cccc3ccccc23)C(=O)N1c1cccc(C(F)(F)F)c1. The molecule has 2 saturated heterocycles. The van der Waals surface area contributed by atoms with Crippen LogP contribution in [0.5, 0.6) is 0 Å². The first-order valence-corrected chi connectivity index (χ1v) is 11.4. The first-order valence-electron chi connectivity index (χ1n) is 11.4. The maximum Gasteiger partial charge on any atom is 0.416 e. The van der Waals surface area contributed by atoms with Crippen LogP contribution in [0.15, 0.2) is 97.1 Å². The number of alkyl halides is 3. The van der Waals surface area contributed by atoms with Crippen LogP contribution in [0.25, 0.3) is 10.8 Å². The maximum atomic E-state index is 13.8. The quantitative estimate of drug-likeness (QED) is 0.337. The molecule has 0 saturated carbocycles. The molecule has 0 aliphatic carbocycles. The Hall–Kier alpha value is -4.17. The zero-order valence-electron chi connectivity index (χ0n) is 18.7. The highest BCUT2D eigenvalue weighted by Gasteiger charge is 2.60. The van der Waals surface area contributed by atoms with Crippen molar-refractivity contribution in [3.8, 4) is 0 Å². The Morgan fingerprint density at radius 1 is 0.722 bits per heavy atom. The van der Waals surface area contributed by atoms with Gasteiger partial charge in [0.1, 0.15) is 5.92 Å². The minimum atomic E-state index is -4.61. The number of carbonyl (C=O) groups is 2. The molecule has 2 fully saturated rings. The van der Waals surface area contributed by atoms with Crippen LogP contribution in [0.4, 0.5) is 24.5 Å². The lowest BCUT2D eigenvalue weighted by Gasteiger charge is -2.29. The molecular formula is C28H19F3N2O3. The van der Waals surface area contributed by atoms with Crippen LogP contribution < -0.4 is 9.96 Å². The molecule has 0 bridgehead atoms. The fourth-order valence-electron chi connectivity index (χ4n) is 5.11. The Labute approximate surface area is 204 Å². The summed E-state index contributed by atoms with van der Waals surface area (Å²) >= 11 is 0. The summed E-state index contributed by atoms with van der Waals surface area (Å²) < 4.78 is 40.0. The van der Waals surface area contributed by atoms with E-state index < -0.39 is 41.6 Å². The van der Waals surface area contributed by atoms with Crippen LogP contribution in [0.1, 0.15) is 17.2 Å². The van der Waals surface area contributed by atoms with E-state index in [9.17, 15) is 22.8 Å². The lowest BCUT2D eigenvalue weighted by Crippen LogP contribution is -2.37. The first kappa shape index (κ1) is 22.3. The molecule has 0 aromatic heterocycles. The third-order valence-corrected chi connectivity index (χ3v) is 6.70. The van der Waals surface area contributed by atoms with Crippen molar-refractivity contribution in [2.45, 2.75) is 18.3 Å². The summed E-state index contributed by atoms with van der Waals surface area (Å²) in [6.07, 6.45) is -5.78. The van der Waals surface area contributed by atoms with Crippen molar-refractivity contribution in [2.75, 3.05) is 9.96 Å². The number of carbonyl (C=O) groups excluding carboxylic acids is 2. The van der Waals surface area contributed by atoms with E-state index in [1.807, 2.05) is 72.8 Å². The fourth-order valence-corrected chi connectivity index (χ4v) is 5.11. The summed E-state index contributed by atoms with van der Waals surface area (Å²) in [7, 11) is 0. The van der Waals surface area contributed by atoms with Crippen LogP contribution in [-0.4, -0.2) is 17.9 Å². The molecule has 0 N–H and O–H groups in total. The number of anilines is 2. The van der Waals surface area contributed by atoms with E-state index in [1.165, 1.54) is 12.1 Å². The minimum Gasteiger partial charge on any atom is -0.273 e. The monoisotopic (exact) mass is 488 g/mol. The molecule has 2 aliphatic rings. The Balaban J connectivity index is 1.48. The van der Waals surface area contributed by atoms with Crippen molar-refractivity contribution < 1.29 is 27.6 Å². The number of hydroxylamine groups is 1. The molecule has 0 unspecified atom stereocenters. The third-order valence-electron chi connectivity index (χ3n) is 6.70. The van der Waals surface area contributed by atoms with E-state index >= 15 is 0 Å². The van der Waals surface area contributed by atoms with Gasteiger partial charge in [-0.05, 0) is 46.7 Å². The average Bonchev–Trinajstić information content (AvgIpc) is 3.39. The summed E-state index contributed by atoms with van der Waals surface area (Å²) in [5.74, 6) is -2.23.